The molecular formula is C9H17N3O2. The first-order valence-electron chi connectivity index (χ1n) is 4.43. The molecule has 14 heavy (non-hydrogen) atoms. The van der Waals surface area contributed by atoms with Gasteiger partial charge in [0.25, 0.3) is 0 Å². The van der Waals surface area contributed by atoms with Crippen molar-refractivity contribution >= 4 is 11.9 Å². The summed E-state index contributed by atoms with van der Waals surface area (Å²) in [7, 11) is 0. The predicted molar refractivity (Wildman–Crippen MR) is 54.6 cm³/mol. The van der Waals surface area contributed by atoms with Crippen LogP contribution in [0.5, 0.6) is 0 Å². The van der Waals surface area contributed by atoms with E-state index in [0.29, 0.717) is 6.54 Å². The molecule has 0 aliphatic rings. The lowest BCUT2D eigenvalue weighted by Crippen LogP contribution is -2.51. The van der Waals surface area contributed by atoms with Gasteiger partial charge in [0.2, 0.25) is 5.91 Å². The zero-order chi connectivity index (χ0) is 11.1. The van der Waals surface area contributed by atoms with Gasteiger partial charge in [-0.15, -0.1) is 6.58 Å². The Morgan fingerprint density at radius 1 is 1.50 bits per heavy atom. The fourth-order valence-corrected chi connectivity index (χ4v) is 0.971. The minimum atomic E-state index is -0.697. The Hall–Kier alpha value is -1.52. The van der Waals surface area contributed by atoms with Crippen LogP contribution < -0.4 is 16.4 Å². The van der Waals surface area contributed by atoms with Crippen LogP contribution in [0, 0.1) is 5.92 Å². The Balaban J connectivity index is 4.25. The molecule has 1 atom stereocenters. The molecule has 0 aliphatic heterocycles. The highest BCUT2D eigenvalue weighted by atomic mass is 16.2. The molecule has 4 N–H and O–H groups in total. The number of carbonyl (C=O) groups excluding carboxylic acids is 2. The summed E-state index contributed by atoms with van der Waals surface area (Å²) >= 11 is 0. The van der Waals surface area contributed by atoms with E-state index in [-0.39, 0.29) is 11.8 Å². The molecule has 1 unspecified atom stereocenters. The maximum atomic E-state index is 11.4. The highest BCUT2D eigenvalue weighted by molar-refractivity contribution is 5.86. The van der Waals surface area contributed by atoms with Crippen molar-refractivity contribution in [3.63, 3.8) is 0 Å². The van der Waals surface area contributed by atoms with Gasteiger partial charge < -0.3 is 16.4 Å². The molecule has 0 aromatic heterocycles. The van der Waals surface area contributed by atoms with Gasteiger partial charge in [-0.2, -0.15) is 0 Å². The molecule has 0 aromatic carbocycles. The van der Waals surface area contributed by atoms with Crippen molar-refractivity contribution in [3.05, 3.63) is 12.7 Å². The van der Waals surface area contributed by atoms with Crippen molar-refractivity contribution in [1.29, 1.82) is 0 Å². The van der Waals surface area contributed by atoms with Crippen LogP contribution >= 0.6 is 0 Å². The fourth-order valence-electron chi connectivity index (χ4n) is 0.971. The quantitative estimate of drug-likeness (QED) is 0.544. The highest BCUT2D eigenvalue weighted by Gasteiger charge is 2.22. The first kappa shape index (κ1) is 12.5. The van der Waals surface area contributed by atoms with Gasteiger partial charge in [0, 0.05) is 6.54 Å². The predicted octanol–water partition coefficient (Wildman–Crippen LogP) is -0.0185. The largest absolute Gasteiger partial charge is 0.352 e. The number of primary amides is 1. The average Bonchev–Trinajstić information content (AvgIpc) is 2.09. The minimum Gasteiger partial charge on any atom is -0.352 e. The van der Waals surface area contributed by atoms with Crippen LogP contribution in [-0.2, 0) is 4.79 Å². The number of urea groups is 1. The molecular weight excluding hydrogens is 182 g/mol. The number of hydrogen-bond acceptors (Lipinski definition) is 2. The van der Waals surface area contributed by atoms with Gasteiger partial charge in [-0.05, 0) is 5.92 Å². The average molecular weight is 199 g/mol. The van der Waals surface area contributed by atoms with Crippen molar-refractivity contribution in [2.75, 3.05) is 6.54 Å². The molecule has 0 saturated carbocycles. The van der Waals surface area contributed by atoms with Crippen LogP contribution in [0.2, 0.25) is 0 Å². The Morgan fingerprint density at radius 3 is 2.43 bits per heavy atom. The van der Waals surface area contributed by atoms with Gasteiger partial charge in [-0.1, -0.05) is 19.9 Å². The summed E-state index contributed by atoms with van der Waals surface area (Å²) in [5.74, 6) is -0.258. The topological polar surface area (TPSA) is 84.2 Å². The summed E-state index contributed by atoms with van der Waals surface area (Å²) in [5.41, 5.74) is 4.95. The van der Waals surface area contributed by atoms with Gasteiger partial charge in [0.15, 0.2) is 0 Å². The first-order valence-corrected chi connectivity index (χ1v) is 4.43. The van der Waals surface area contributed by atoms with E-state index in [9.17, 15) is 9.59 Å². The summed E-state index contributed by atoms with van der Waals surface area (Å²) < 4.78 is 0. The monoisotopic (exact) mass is 199 g/mol. The number of rotatable bonds is 5. The Labute approximate surface area is 83.7 Å². The van der Waals surface area contributed by atoms with Crippen LogP contribution in [-0.4, -0.2) is 24.5 Å². The van der Waals surface area contributed by atoms with Gasteiger partial charge in [0.05, 0.1) is 0 Å². The number of amides is 3. The third-order valence-corrected chi connectivity index (χ3v) is 1.67. The number of nitrogens with one attached hydrogen (secondary N) is 2. The van der Waals surface area contributed by atoms with Crippen LogP contribution in [0.4, 0.5) is 4.79 Å². The van der Waals surface area contributed by atoms with Crippen LogP contribution in [0.15, 0.2) is 12.7 Å². The summed E-state index contributed by atoms with van der Waals surface area (Å²) in [4.78, 5) is 22.1. The van der Waals surface area contributed by atoms with Gasteiger partial charge in [0.1, 0.15) is 6.04 Å². The molecule has 3 amide bonds. The minimum absolute atomic E-state index is 0.00712. The Kier molecular flexibility index (Phi) is 5.36. The van der Waals surface area contributed by atoms with E-state index in [0.717, 1.165) is 0 Å². The summed E-state index contributed by atoms with van der Waals surface area (Å²) in [5, 5.41) is 4.97. The first-order chi connectivity index (χ1) is 6.49. The third-order valence-electron chi connectivity index (χ3n) is 1.67. The summed E-state index contributed by atoms with van der Waals surface area (Å²) in [6.07, 6.45) is 1.57. The van der Waals surface area contributed by atoms with Gasteiger partial charge >= 0.3 is 6.03 Å². The molecule has 0 bridgehead atoms. The van der Waals surface area contributed by atoms with Crippen molar-refractivity contribution in [2.24, 2.45) is 11.7 Å². The van der Waals surface area contributed by atoms with Crippen molar-refractivity contribution in [1.82, 2.24) is 10.6 Å². The standard InChI is InChI=1S/C9H17N3O2/c1-4-5-11-8(13)7(6(2)3)12-9(10)14/h4,6-7H,1,5H2,2-3H3,(H,11,13)(H3,10,12,14). The molecule has 0 saturated heterocycles. The molecule has 0 rings (SSSR count). The second-order valence-corrected chi connectivity index (χ2v) is 3.26. The lowest BCUT2D eigenvalue weighted by Gasteiger charge is -2.19. The molecule has 0 fully saturated rings. The van der Waals surface area contributed by atoms with Crippen molar-refractivity contribution in [2.45, 2.75) is 19.9 Å². The number of hydrogen-bond donors (Lipinski definition) is 3. The maximum Gasteiger partial charge on any atom is 0.312 e. The summed E-state index contributed by atoms with van der Waals surface area (Å²) in [6.45, 7) is 7.50. The molecule has 0 aromatic rings. The number of carbonyl (C=O) groups is 2. The fraction of sp³-hybridized carbons (Fsp3) is 0.556. The molecule has 80 valence electrons. The molecule has 0 aliphatic carbocycles. The molecule has 0 radical (unpaired) electrons. The zero-order valence-corrected chi connectivity index (χ0v) is 8.54. The SMILES string of the molecule is C=CCNC(=O)C(NC(N)=O)C(C)C. The zero-order valence-electron chi connectivity index (χ0n) is 8.54. The van der Waals surface area contributed by atoms with E-state index in [1.807, 2.05) is 13.8 Å². The van der Waals surface area contributed by atoms with Crippen LogP contribution in [0.3, 0.4) is 0 Å². The normalized spacial score (nSPS) is 11.9. The molecule has 0 heterocycles. The van der Waals surface area contributed by atoms with E-state index >= 15 is 0 Å². The van der Waals surface area contributed by atoms with Crippen molar-refractivity contribution in [3.8, 4) is 0 Å². The summed E-state index contributed by atoms with van der Waals surface area (Å²) in [6, 6.07) is -1.29. The van der Waals surface area contributed by atoms with E-state index in [2.05, 4.69) is 17.2 Å². The lowest BCUT2D eigenvalue weighted by atomic mass is 10.0. The second kappa shape index (κ2) is 6.01. The second-order valence-electron chi connectivity index (χ2n) is 3.26. The van der Waals surface area contributed by atoms with Gasteiger partial charge in [-0.3, -0.25) is 4.79 Å². The smallest absolute Gasteiger partial charge is 0.312 e. The Bertz CT molecular complexity index is 226. The van der Waals surface area contributed by atoms with Crippen LogP contribution in [0.25, 0.3) is 0 Å². The number of nitrogens with two attached hydrogens (primary N) is 1. The van der Waals surface area contributed by atoms with E-state index in [1.54, 1.807) is 6.08 Å². The highest BCUT2D eigenvalue weighted by Crippen LogP contribution is 2.00. The molecule has 5 heteroatoms. The van der Waals surface area contributed by atoms with E-state index in [1.165, 1.54) is 0 Å². The van der Waals surface area contributed by atoms with Crippen LogP contribution in [0.1, 0.15) is 13.8 Å². The van der Waals surface area contributed by atoms with Crippen molar-refractivity contribution < 1.29 is 9.59 Å². The Morgan fingerprint density at radius 2 is 2.07 bits per heavy atom. The third kappa shape index (κ3) is 4.49. The van der Waals surface area contributed by atoms with E-state index in [4.69, 9.17) is 5.73 Å². The van der Waals surface area contributed by atoms with E-state index < -0.39 is 12.1 Å². The van der Waals surface area contributed by atoms with Gasteiger partial charge in [-0.25, -0.2) is 4.79 Å². The lowest BCUT2D eigenvalue weighted by molar-refractivity contribution is -0.123. The maximum absolute atomic E-state index is 11.4. The molecule has 5 nitrogen and oxygen atoms in total. The molecule has 0 spiro atoms.